The van der Waals surface area contributed by atoms with E-state index in [1.165, 1.54) is 44.2 Å². The normalized spacial score (nSPS) is 15.7. The van der Waals surface area contributed by atoms with Crippen molar-refractivity contribution in [2.75, 3.05) is 20.3 Å². The fraction of sp³-hybridized carbons (Fsp3) is 0.562. The zero-order valence-corrected chi connectivity index (χ0v) is 14.1. The van der Waals surface area contributed by atoms with Crippen LogP contribution >= 0.6 is 0 Å². The highest BCUT2D eigenvalue weighted by atomic mass is 32.2. The molecule has 6 nitrogen and oxygen atoms in total. The van der Waals surface area contributed by atoms with Crippen LogP contribution in [0.2, 0.25) is 0 Å². The molecule has 2 rings (SSSR count). The van der Waals surface area contributed by atoms with Crippen LogP contribution in [0.25, 0.3) is 0 Å². The van der Waals surface area contributed by atoms with Crippen LogP contribution in [-0.2, 0) is 19.5 Å². The Kier molecular flexibility index (Phi) is 6.56. The average Bonchev–Trinajstić information content (AvgIpc) is 3.07. The summed E-state index contributed by atoms with van der Waals surface area (Å²) in [5.74, 6) is -0.563. The van der Waals surface area contributed by atoms with E-state index >= 15 is 0 Å². The monoisotopic (exact) mass is 341 g/mol. The zero-order chi connectivity index (χ0) is 16.7. The van der Waals surface area contributed by atoms with E-state index in [2.05, 4.69) is 9.46 Å². The number of carbonyl (C=O) groups excluding carboxylic acids is 1. The number of nitrogens with one attached hydrogen (secondary N) is 1. The van der Waals surface area contributed by atoms with Crippen molar-refractivity contribution >= 4 is 16.0 Å². The Bertz CT molecular complexity index is 623. The maximum Gasteiger partial charge on any atom is 0.337 e. The lowest BCUT2D eigenvalue weighted by molar-refractivity contribution is 0.0574. The molecular weight excluding hydrogens is 318 g/mol. The number of hydrogen-bond acceptors (Lipinski definition) is 5. The van der Waals surface area contributed by atoms with Gasteiger partial charge in [0.1, 0.15) is 0 Å². The van der Waals surface area contributed by atoms with Gasteiger partial charge in [-0.1, -0.05) is 18.9 Å². The van der Waals surface area contributed by atoms with Crippen LogP contribution in [0.1, 0.15) is 42.5 Å². The van der Waals surface area contributed by atoms with Crippen LogP contribution in [0, 0.1) is 0 Å². The van der Waals surface area contributed by atoms with Crippen LogP contribution in [0.3, 0.4) is 0 Å². The third-order valence-corrected chi connectivity index (χ3v) is 5.29. The molecule has 0 heterocycles. The van der Waals surface area contributed by atoms with Crippen molar-refractivity contribution in [1.82, 2.24) is 4.72 Å². The first-order chi connectivity index (χ1) is 11.0. The van der Waals surface area contributed by atoms with Gasteiger partial charge in [-0.25, -0.2) is 17.9 Å². The summed E-state index contributed by atoms with van der Waals surface area (Å²) in [4.78, 5) is 11.5. The molecule has 0 spiro atoms. The smallest absolute Gasteiger partial charge is 0.337 e. The van der Waals surface area contributed by atoms with Crippen LogP contribution in [-0.4, -0.2) is 40.8 Å². The average molecular weight is 341 g/mol. The summed E-state index contributed by atoms with van der Waals surface area (Å²) in [5, 5.41) is 0. The number of carbonyl (C=O) groups is 1. The Labute approximate surface area is 137 Å². The van der Waals surface area contributed by atoms with Crippen molar-refractivity contribution in [2.24, 2.45) is 0 Å². The molecule has 0 saturated heterocycles. The van der Waals surface area contributed by atoms with E-state index in [1.807, 2.05) is 0 Å². The number of esters is 1. The molecule has 0 atom stereocenters. The van der Waals surface area contributed by atoms with Crippen molar-refractivity contribution in [1.29, 1.82) is 0 Å². The summed E-state index contributed by atoms with van der Waals surface area (Å²) in [7, 11) is -2.38. The third kappa shape index (κ3) is 5.30. The Morgan fingerprint density at radius 2 is 2.04 bits per heavy atom. The first-order valence-corrected chi connectivity index (χ1v) is 9.31. The van der Waals surface area contributed by atoms with Crippen LogP contribution in [0.4, 0.5) is 0 Å². The summed E-state index contributed by atoms with van der Waals surface area (Å²) < 4.78 is 37.2. The predicted octanol–water partition coefficient (Wildman–Crippen LogP) is 2.10. The standard InChI is InChI=1S/C16H23NO5S/c1-21-16(18)13-6-4-9-15(12-13)23(19,20)17-10-5-11-22-14-7-2-3-8-14/h4,6,9,12,14,17H,2-3,5,7-8,10-11H2,1H3. The molecule has 0 amide bonds. The predicted molar refractivity (Wildman–Crippen MR) is 85.8 cm³/mol. The lowest BCUT2D eigenvalue weighted by atomic mass is 10.2. The van der Waals surface area contributed by atoms with Gasteiger partial charge in [-0.05, 0) is 37.5 Å². The third-order valence-electron chi connectivity index (χ3n) is 3.83. The highest BCUT2D eigenvalue weighted by Gasteiger charge is 2.17. The van der Waals surface area contributed by atoms with Crippen molar-refractivity contribution in [3.63, 3.8) is 0 Å². The first kappa shape index (κ1) is 17.9. The maximum absolute atomic E-state index is 12.2. The Morgan fingerprint density at radius 3 is 2.74 bits per heavy atom. The second-order valence-corrected chi connectivity index (χ2v) is 7.31. The number of sulfonamides is 1. The summed E-state index contributed by atoms with van der Waals surface area (Å²) in [6.07, 6.45) is 5.59. The largest absolute Gasteiger partial charge is 0.465 e. The maximum atomic E-state index is 12.2. The van der Waals surface area contributed by atoms with Gasteiger partial charge in [0.05, 0.1) is 23.7 Å². The minimum absolute atomic E-state index is 0.0529. The molecule has 0 radical (unpaired) electrons. The molecule has 0 unspecified atom stereocenters. The van der Waals surface area contributed by atoms with Crippen molar-refractivity contribution in [3.8, 4) is 0 Å². The molecule has 1 saturated carbocycles. The Balaban J connectivity index is 1.82. The molecule has 1 N–H and O–H groups in total. The molecule has 0 aliphatic heterocycles. The van der Waals surface area contributed by atoms with E-state index in [9.17, 15) is 13.2 Å². The Hall–Kier alpha value is -1.44. The highest BCUT2D eigenvalue weighted by Crippen LogP contribution is 2.20. The van der Waals surface area contributed by atoms with Gasteiger partial charge in [0.25, 0.3) is 0 Å². The lowest BCUT2D eigenvalue weighted by Gasteiger charge is -2.11. The molecule has 23 heavy (non-hydrogen) atoms. The quantitative estimate of drug-likeness (QED) is 0.578. The van der Waals surface area contributed by atoms with Gasteiger partial charge in [0, 0.05) is 13.2 Å². The fourth-order valence-corrected chi connectivity index (χ4v) is 3.69. The van der Waals surface area contributed by atoms with Gasteiger partial charge in [0.2, 0.25) is 10.0 Å². The highest BCUT2D eigenvalue weighted by molar-refractivity contribution is 7.89. The summed E-state index contributed by atoms with van der Waals surface area (Å²) in [6, 6.07) is 5.79. The van der Waals surface area contributed by atoms with Gasteiger partial charge < -0.3 is 9.47 Å². The van der Waals surface area contributed by atoms with Gasteiger partial charge in [-0.2, -0.15) is 0 Å². The zero-order valence-electron chi connectivity index (χ0n) is 13.3. The Morgan fingerprint density at radius 1 is 1.30 bits per heavy atom. The molecule has 0 aromatic heterocycles. The van der Waals surface area contributed by atoms with E-state index < -0.39 is 16.0 Å². The van der Waals surface area contributed by atoms with Crippen LogP contribution in [0.5, 0.6) is 0 Å². The SMILES string of the molecule is COC(=O)c1cccc(S(=O)(=O)NCCCOC2CCCC2)c1. The lowest BCUT2D eigenvalue weighted by Crippen LogP contribution is -2.26. The van der Waals surface area contributed by atoms with E-state index in [0.717, 1.165) is 12.8 Å². The molecule has 7 heteroatoms. The van der Waals surface area contributed by atoms with E-state index in [0.29, 0.717) is 25.7 Å². The molecule has 1 aromatic carbocycles. The second kappa shape index (κ2) is 8.42. The number of rotatable bonds is 8. The number of hydrogen-bond donors (Lipinski definition) is 1. The van der Waals surface area contributed by atoms with Gasteiger partial charge in [-0.15, -0.1) is 0 Å². The summed E-state index contributed by atoms with van der Waals surface area (Å²) >= 11 is 0. The fourth-order valence-electron chi connectivity index (χ4n) is 2.58. The molecule has 1 aromatic rings. The van der Waals surface area contributed by atoms with Gasteiger partial charge in [0.15, 0.2) is 0 Å². The summed E-state index contributed by atoms with van der Waals surface area (Å²) in [5.41, 5.74) is 0.208. The number of ether oxygens (including phenoxy) is 2. The van der Waals surface area contributed by atoms with Gasteiger partial charge in [-0.3, -0.25) is 0 Å². The summed E-state index contributed by atoms with van der Waals surface area (Å²) in [6.45, 7) is 0.854. The second-order valence-electron chi connectivity index (χ2n) is 5.55. The molecule has 1 aliphatic rings. The van der Waals surface area contributed by atoms with E-state index in [-0.39, 0.29) is 10.5 Å². The van der Waals surface area contributed by atoms with Gasteiger partial charge >= 0.3 is 5.97 Å². The van der Waals surface area contributed by atoms with E-state index in [1.54, 1.807) is 0 Å². The minimum atomic E-state index is -3.64. The van der Waals surface area contributed by atoms with E-state index in [4.69, 9.17) is 4.74 Å². The molecular formula is C16H23NO5S. The minimum Gasteiger partial charge on any atom is -0.465 e. The molecule has 1 fully saturated rings. The van der Waals surface area contributed by atoms with Crippen molar-refractivity contribution in [3.05, 3.63) is 29.8 Å². The molecule has 128 valence electrons. The van der Waals surface area contributed by atoms with Crippen molar-refractivity contribution in [2.45, 2.75) is 43.1 Å². The molecule has 1 aliphatic carbocycles. The number of benzene rings is 1. The van der Waals surface area contributed by atoms with Crippen molar-refractivity contribution < 1.29 is 22.7 Å². The topological polar surface area (TPSA) is 81.7 Å². The first-order valence-electron chi connectivity index (χ1n) is 7.82. The molecule has 0 bridgehead atoms. The number of methoxy groups -OCH3 is 1. The van der Waals surface area contributed by atoms with Crippen LogP contribution in [0.15, 0.2) is 29.2 Å². The van der Waals surface area contributed by atoms with Crippen LogP contribution < -0.4 is 4.72 Å².